The maximum absolute atomic E-state index is 13.4. The summed E-state index contributed by atoms with van der Waals surface area (Å²) in [7, 11) is 2.03. The third kappa shape index (κ3) is 3.75. The molecule has 1 saturated heterocycles. The monoisotopic (exact) mass is 254 g/mol. The lowest BCUT2D eigenvalue weighted by Crippen LogP contribution is -2.36. The van der Waals surface area contributed by atoms with E-state index in [0.717, 1.165) is 25.7 Å². The summed E-state index contributed by atoms with van der Waals surface area (Å²) in [6.45, 7) is 2.81. The lowest BCUT2D eigenvalue weighted by Gasteiger charge is -2.21. The minimum absolute atomic E-state index is 0.316. The molecule has 0 aromatic heterocycles. The molecule has 0 saturated carbocycles. The molecular weight excluding hydrogens is 234 g/mol. The third-order valence-corrected chi connectivity index (χ3v) is 3.47. The average Bonchev–Trinajstić information content (AvgIpc) is 2.83. The Bertz CT molecular complexity index is 389. The smallest absolute Gasteiger partial charge is 0.126 e. The lowest BCUT2D eigenvalue weighted by molar-refractivity contribution is 0.302. The number of rotatable bonds is 5. The molecule has 1 unspecified atom stereocenters. The fourth-order valence-electron chi connectivity index (χ4n) is 2.43. The van der Waals surface area contributed by atoms with Gasteiger partial charge in [-0.25, -0.2) is 8.78 Å². The van der Waals surface area contributed by atoms with E-state index in [1.807, 2.05) is 7.05 Å². The zero-order valence-electron chi connectivity index (χ0n) is 10.8. The molecule has 18 heavy (non-hydrogen) atoms. The van der Waals surface area contributed by atoms with E-state index in [1.54, 1.807) is 0 Å². The molecule has 1 aromatic carbocycles. The van der Waals surface area contributed by atoms with Crippen LogP contribution in [-0.4, -0.2) is 37.6 Å². The van der Waals surface area contributed by atoms with Gasteiger partial charge in [0.1, 0.15) is 11.6 Å². The minimum atomic E-state index is -0.369. The largest absolute Gasteiger partial charge is 0.313 e. The Hall–Kier alpha value is -1.00. The van der Waals surface area contributed by atoms with Gasteiger partial charge in [0.2, 0.25) is 0 Å². The molecule has 0 aliphatic carbocycles. The molecule has 0 radical (unpaired) electrons. The summed E-state index contributed by atoms with van der Waals surface area (Å²) < 4.78 is 26.4. The number of nitrogens with one attached hydrogen (secondary N) is 1. The molecule has 0 amide bonds. The highest BCUT2D eigenvalue weighted by molar-refractivity contribution is 5.19. The van der Waals surface area contributed by atoms with E-state index in [1.165, 1.54) is 25.0 Å². The Labute approximate surface area is 107 Å². The average molecular weight is 254 g/mol. The first kappa shape index (κ1) is 13.4. The van der Waals surface area contributed by atoms with Crippen molar-refractivity contribution in [2.45, 2.75) is 25.3 Å². The molecule has 0 bridgehead atoms. The van der Waals surface area contributed by atoms with Crippen LogP contribution in [0.25, 0.3) is 0 Å². The van der Waals surface area contributed by atoms with Crippen molar-refractivity contribution in [2.75, 3.05) is 26.7 Å². The molecule has 1 aromatic rings. The molecule has 1 aliphatic rings. The van der Waals surface area contributed by atoms with Gasteiger partial charge >= 0.3 is 0 Å². The highest BCUT2D eigenvalue weighted by Crippen LogP contribution is 2.11. The Morgan fingerprint density at radius 3 is 2.94 bits per heavy atom. The second-order valence-electron chi connectivity index (χ2n) is 5.04. The number of hydrogen-bond donors (Lipinski definition) is 1. The van der Waals surface area contributed by atoms with Crippen LogP contribution < -0.4 is 5.32 Å². The van der Waals surface area contributed by atoms with Crippen LogP contribution in [0.15, 0.2) is 18.2 Å². The van der Waals surface area contributed by atoms with Crippen LogP contribution in [0.4, 0.5) is 8.78 Å². The summed E-state index contributed by atoms with van der Waals surface area (Å²) in [4.78, 5) is 2.17. The van der Waals surface area contributed by atoms with Crippen LogP contribution in [-0.2, 0) is 6.42 Å². The van der Waals surface area contributed by atoms with Crippen LogP contribution in [0.3, 0.4) is 0 Å². The van der Waals surface area contributed by atoms with Gasteiger partial charge in [-0.3, -0.25) is 0 Å². The van der Waals surface area contributed by atoms with Crippen molar-refractivity contribution in [1.29, 1.82) is 0 Å². The Morgan fingerprint density at radius 1 is 1.39 bits per heavy atom. The third-order valence-electron chi connectivity index (χ3n) is 3.47. The highest BCUT2D eigenvalue weighted by atomic mass is 19.1. The molecule has 0 spiro atoms. The number of hydrogen-bond acceptors (Lipinski definition) is 2. The SMILES string of the molecule is CN(CCc1cc(F)ccc1F)CC1CCCN1. The van der Waals surface area contributed by atoms with E-state index < -0.39 is 0 Å². The van der Waals surface area contributed by atoms with E-state index in [9.17, 15) is 8.78 Å². The summed E-state index contributed by atoms with van der Waals surface area (Å²) in [5.74, 6) is -0.685. The summed E-state index contributed by atoms with van der Waals surface area (Å²) >= 11 is 0. The molecule has 2 rings (SSSR count). The van der Waals surface area contributed by atoms with Crippen molar-refractivity contribution in [3.8, 4) is 0 Å². The Morgan fingerprint density at radius 2 is 2.22 bits per heavy atom. The quantitative estimate of drug-likeness (QED) is 0.866. The minimum Gasteiger partial charge on any atom is -0.313 e. The molecular formula is C14H20F2N2. The number of halogens is 2. The van der Waals surface area contributed by atoms with Crippen molar-refractivity contribution >= 4 is 0 Å². The fourth-order valence-corrected chi connectivity index (χ4v) is 2.43. The van der Waals surface area contributed by atoms with Crippen LogP contribution >= 0.6 is 0 Å². The van der Waals surface area contributed by atoms with Crippen LogP contribution in [0.5, 0.6) is 0 Å². The van der Waals surface area contributed by atoms with Gasteiger partial charge in [-0.2, -0.15) is 0 Å². The maximum atomic E-state index is 13.4. The van der Waals surface area contributed by atoms with Crippen LogP contribution in [0.2, 0.25) is 0 Å². The molecule has 1 N–H and O–H groups in total. The van der Waals surface area contributed by atoms with Gasteiger partial charge in [0.25, 0.3) is 0 Å². The molecule has 2 nitrogen and oxygen atoms in total. The van der Waals surface area contributed by atoms with Crippen molar-refractivity contribution in [3.05, 3.63) is 35.4 Å². The standard InChI is InChI=1S/C14H20F2N2/c1-18(10-13-3-2-7-17-13)8-6-11-9-12(15)4-5-14(11)16/h4-5,9,13,17H,2-3,6-8,10H2,1H3. The zero-order valence-corrected chi connectivity index (χ0v) is 10.8. The van der Waals surface area contributed by atoms with Crippen LogP contribution in [0.1, 0.15) is 18.4 Å². The van der Waals surface area contributed by atoms with Crippen molar-refractivity contribution in [3.63, 3.8) is 0 Å². The van der Waals surface area contributed by atoms with Crippen molar-refractivity contribution in [1.82, 2.24) is 10.2 Å². The van der Waals surface area contributed by atoms with Gasteiger partial charge in [-0.05, 0) is 56.6 Å². The fraction of sp³-hybridized carbons (Fsp3) is 0.571. The number of nitrogens with zero attached hydrogens (tertiary/aromatic N) is 1. The van der Waals surface area contributed by atoms with Gasteiger partial charge < -0.3 is 10.2 Å². The second-order valence-corrected chi connectivity index (χ2v) is 5.04. The van der Waals surface area contributed by atoms with E-state index in [0.29, 0.717) is 18.0 Å². The van der Waals surface area contributed by atoms with Gasteiger partial charge in [-0.1, -0.05) is 0 Å². The van der Waals surface area contributed by atoms with E-state index >= 15 is 0 Å². The molecule has 1 aliphatic heterocycles. The van der Waals surface area contributed by atoms with Gasteiger partial charge in [0.05, 0.1) is 0 Å². The molecule has 1 fully saturated rings. The summed E-state index contributed by atoms with van der Waals surface area (Å²) in [5.41, 5.74) is 0.459. The van der Waals surface area contributed by atoms with E-state index in [4.69, 9.17) is 0 Å². The molecule has 1 heterocycles. The van der Waals surface area contributed by atoms with Crippen molar-refractivity contribution < 1.29 is 8.78 Å². The lowest BCUT2D eigenvalue weighted by atomic mass is 10.1. The summed E-state index contributed by atoms with van der Waals surface area (Å²) in [6, 6.07) is 4.19. The van der Waals surface area contributed by atoms with Gasteiger partial charge in [-0.15, -0.1) is 0 Å². The Balaban J connectivity index is 1.81. The maximum Gasteiger partial charge on any atom is 0.126 e. The van der Waals surface area contributed by atoms with Crippen molar-refractivity contribution in [2.24, 2.45) is 0 Å². The summed E-state index contributed by atoms with van der Waals surface area (Å²) in [5, 5.41) is 3.43. The van der Waals surface area contributed by atoms with Gasteiger partial charge in [0, 0.05) is 19.1 Å². The predicted molar refractivity (Wildman–Crippen MR) is 68.6 cm³/mol. The number of likely N-dealkylation sites (N-methyl/N-ethyl adjacent to an activating group) is 1. The van der Waals surface area contributed by atoms with Gasteiger partial charge in [0.15, 0.2) is 0 Å². The first-order valence-electron chi connectivity index (χ1n) is 6.51. The number of benzene rings is 1. The molecule has 1 atom stereocenters. The molecule has 100 valence electrons. The second kappa shape index (κ2) is 6.25. The highest BCUT2D eigenvalue weighted by Gasteiger charge is 2.15. The zero-order chi connectivity index (χ0) is 13.0. The normalized spacial score (nSPS) is 19.7. The van der Waals surface area contributed by atoms with E-state index in [-0.39, 0.29) is 11.6 Å². The molecule has 4 heteroatoms. The topological polar surface area (TPSA) is 15.3 Å². The van der Waals surface area contributed by atoms with E-state index in [2.05, 4.69) is 10.2 Å². The predicted octanol–water partition coefficient (Wildman–Crippen LogP) is 2.19. The summed E-state index contributed by atoms with van der Waals surface area (Å²) in [6.07, 6.45) is 2.99. The van der Waals surface area contributed by atoms with Crippen LogP contribution in [0, 0.1) is 11.6 Å². The first-order chi connectivity index (χ1) is 8.65. The Kier molecular flexibility index (Phi) is 4.66. The first-order valence-corrected chi connectivity index (χ1v) is 6.51.